The summed E-state index contributed by atoms with van der Waals surface area (Å²) in [5, 5.41) is 9.85. The first kappa shape index (κ1) is 17.4. The quantitative estimate of drug-likeness (QED) is 0.496. The van der Waals surface area contributed by atoms with E-state index in [1.54, 1.807) is 28.9 Å². The van der Waals surface area contributed by atoms with Gasteiger partial charge in [0.15, 0.2) is 5.65 Å². The predicted octanol–water partition coefficient (Wildman–Crippen LogP) is 5.44. The molecule has 0 aliphatic carbocycles. The first-order chi connectivity index (χ1) is 12.8. The fraction of sp³-hybridized carbons (Fsp3) is 0.0526. The second-order valence-corrected chi connectivity index (χ2v) is 6.29. The molecule has 0 saturated heterocycles. The molecule has 2 heterocycles. The molecule has 0 fully saturated rings. The smallest absolute Gasteiger partial charge is 0.416 e. The van der Waals surface area contributed by atoms with Gasteiger partial charge in [-0.15, -0.1) is 0 Å². The van der Waals surface area contributed by atoms with Crippen molar-refractivity contribution in [3.63, 3.8) is 0 Å². The van der Waals surface area contributed by atoms with Gasteiger partial charge in [-0.1, -0.05) is 23.7 Å². The van der Waals surface area contributed by atoms with Crippen molar-refractivity contribution in [2.45, 2.75) is 6.18 Å². The molecule has 0 aliphatic heterocycles. The van der Waals surface area contributed by atoms with Gasteiger partial charge in [-0.2, -0.15) is 13.2 Å². The standard InChI is InChI=1S/C19H11ClF3N3O/c20-15-7-13(27)4-5-14(15)17-8-25-18-9-24-16(10-26(17)18)11-2-1-3-12(6-11)19(21,22)23/h1-10,27H. The molecule has 2 aromatic heterocycles. The Morgan fingerprint density at radius 3 is 2.56 bits per heavy atom. The molecule has 0 aliphatic rings. The molecule has 0 radical (unpaired) electrons. The van der Waals surface area contributed by atoms with Gasteiger partial charge in [-0.3, -0.25) is 9.38 Å². The van der Waals surface area contributed by atoms with E-state index in [0.717, 1.165) is 12.1 Å². The van der Waals surface area contributed by atoms with E-state index < -0.39 is 11.7 Å². The van der Waals surface area contributed by atoms with Gasteiger partial charge < -0.3 is 5.11 Å². The summed E-state index contributed by atoms with van der Waals surface area (Å²) in [4.78, 5) is 8.47. The number of hydrogen-bond donors (Lipinski definition) is 1. The second kappa shape index (κ2) is 6.28. The molecule has 136 valence electrons. The molecule has 4 nitrogen and oxygen atoms in total. The molecule has 4 rings (SSSR count). The Bertz CT molecular complexity index is 1150. The van der Waals surface area contributed by atoms with Crippen molar-refractivity contribution < 1.29 is 18.3 Å². The van der Waals surface area contributed by atoms with Crippen LogP contribution in [-0.4, -0.2) is 19.5 Å². The van der Waals surface area contributed by atoms with Crippen LogP contribution in [-0.2, 0) is 6.18 Å². The lowest BCUT2D eigenvalue weighted by atomic mass is 10.1. The molecular formula is C19H11ClF3N3O. The largest absolute Gasteiger partial charge is 0.508 e. The molecule has 8 heteroatoms. The summed E-state index contributed by atoms with van der Waals surface area (Å²) in [6.07, 6.45) is 0.245. The molecule has 0 spiro atoms. The van der Waals surface area contributed by atoms with Crippen LogP contribution in [0.5, 0.6) is 5.75 Å². The van der Waals surface area contributed by atoms with Crippen LogP contribution < -0.4 is 0 Å². The average molecular weight is 390 g/mol. The number of alkyl halides is 3. The minimum Gasteiger partial charge on any atom is -0.508 e. The van der Waals surface area contributed by atoms with Crippen LogP contribution in [0.4, 0.5) is 13.2 Å². The lowest BCUT2D eigenvalue weighted by Crippen LogP contribution is -2.04. The minimum absolute atomic E-state index is 0.0314. The van der Waals surface area contributed by atoms with Gasteiger partial charge in [0.2, 0.25) is 0 Å². The lowest BCUT2D eigenvalue weighted by Gasteiger charge is -2.09. The van der Waals surface area contributed by atoms with Crippen LogP contribution in [0, 0.1) is 0 Å². The minimum atomic E-state index is -4.43. The Hall–Kier alpha value is -3.06. The molecule has 4 aromatic rings. The van der Waals surface area contributed by atoms with E-state index in [2.05, 4.69) is 9.97 Å². The molecule has 0 bridgehead atoms. The molecule has 27 heavy (non-hydrogen) atoms. The maximum atomic E-state index is 13.0. The number of nitrogens with zero attached hydrogens (tertiary/aromatic N) is 3. The number of imidazole rings is 1. The Labute approximate surface area is 156 Å². The maximum Gasteiger partial charge on any atom is 0.416 e. The molecule has 2 aromatic carbocycles. The van der Waals surface area contributed by atoms with Gasteiger partial charge in [0.1, 0.15) is 5.75 Å². The number of aromatic nitrogens is 3. The highest BCUT2D eigenvalue weighted by Crippen LogP contribution is 2.33. The first-order valence-electron chi connectivity index (χ1n) is 7.82. The van der Waals surface area contributed by atoms with Gasteiger partial charge in [0.25, 0.3) is 0 Å². The average Bonchev–Trinajstić information content (AvgIpc) is 3.04. The van der Waals surface area contributed by atoms with Crippen molar-refractivity contribution in [2.24, 2.45) is 0 Å². The number of fused-ring (bicyclic) bond motifs is 1. The van der Waals surface area contributed by atoms with Crippen molar-refractivity contribution in [2.75, 3.05) is 0 Å². The molecule has 0 amide bonds. The fourth-order valence-electron chi connectivity index (χ4n) is 2.80. The van der Waals surface area contributed by atoms with E-state index in [9.17, 15) is 18.3 Å². The van der Waals surface area contributed by atoms with Gasteiger partial charge in [-0.25, -0.2) is 4.98 Å². The maximum absolute atomic E-state index is 13.0. The van der Waals surface area contributed by atoms with E-state index in [-0.39, 0.29) is 5.75 Å². The number of phenolic OH excluding ortho intramolecular Hbond substituents is 1. The summed E-state index contributed by atoms with van der Waals surface area (Å²) in [6.45, 7) is 0. The molecule has 0 saturated carbocycles. The van der Waals surface area contributed by atoms with Crippen LogP contribution in [0.2, 0.25) is 5.02 Å². The van der Waals surface area contributed by atoms with E-state index in [0.29, 0.717) is 33.2 Å². The predicted molar refractivity (Wildman–Crippen MR) is 95.5 cm³/mol. The van der Waals surface area contributed by atoms with E-state index in [1.165, 1.54) is 24.4 Å². The van der Waals surface area contributed by atoms with Crippen molar-refractivity contribution >= 4 is 17.2 Å². The zero-order valence-corrected chi connectivity index (χ0v) is 14.3. The fourth-order valence-corrected chi connectivity index (χ4v) is 3.08. The Kier molecular flexibility index (Phi) is 4.04. The Balaban J connectivity index is 1.86. The van der Waals surface area contributed by atoms with Crippen LogP contribution in [0.1, 0.15) is 5.56 Å². The van der Waals surface area contributed by atoms with Gasteiger partial charge in [0, 0.05) is 17.3 Å². The van der Waals surface area contributed by atoms with Gasteiger partial charge in [0.05, 0.1) is 34.4 Å². The summed E-state index contributed by atoms with van der Waals surface area (Å²) in [5.41, 5.74) is 1.74. The number of hydrogen-bond acceptors (Lipinski definition) is 3. The summed E-state index contributed by atoms with van der Waals surface area (Å²) in [5.74, 6) is 0.0314. The van der Waals surface area contributed by atoms with E-state index >= 15 is 0 Å². The SMILES string of the molecule is Oc1ccc(-c2cnc3cnc(-c4cccc(C(F)(F)F)c4)cn23)c(Cl)c1. The van der Waals surface area contributed by atoms with E-state index in [1.807, 2.05) is 0 Å². The third-order valence-corrected chi connectivity index (χ3v) is 4.42. The highest BCUT2D eigenvalue weighted by Gasteiger charge is 2.30. The van der Waals surface area contributed by atoms with Crippen molar-refractivity contribution in [3.05, 3.63) is 71.6 Å². The topological polar surface area (TPSA) is 50.4 Å². The van der Waals surface area contributed by atoms with Gasteiger partial charge in [-0.05, 0) is 30.3 Å². The number of aromatic hydroxyl groups is 1. The van der Waals surface area contributed by atoms with Crippen molar-refractivity contribution in [3.8, 4) is 28.3 Å². The Morgan fingerprint density at radius 2 is 1.81 bits per heavy atom. The summed E-state index contributed by atoms with van der Waals surface area (Å²) < 4.78 is 40.6. The number of halogens is 4. The highest BCUT2D eigenvalue weighted by atomic mass is 35.5. The summed E-state index contributed by atoms with van der Waals surface area (Å²) in [6, 6.07) is 9.52. The molecular weight excluding hydrogens is 379 g/mol. The van der Waals surface area contributed by atoms with Gasteiger partial charge >= 0.3 is 6.18 Å². The summed E-state index contributed by atoms with van der Waals surface area (Å²) in [7, 11) is 0. The molecule has 0 unspecified atom stereocenters. The molecule has 0 atom stereocenters. The van der Waals surface area contributed by atoms with Crippen molar-refractivity contribution in [1.82, 2.24) is 14.4 Å². The number of benzene rings is 2. The van der Waals surface area contributed by atoms with Crippen LogP contribution >= 0.6 is 11.6 Å². The van der Waals surface area contributed by atoms with Crippen LogP contribution in [0.25, 0.3) is 28.2 Å². The summed E-state index contributed by atoms with van der Waals surface area (Å²) >= 11 is 6.21. The monoisotopic (exact) mass is 389 g/mol. The number of rotatable bonds is 2. The highest BCUT2D eigenvalue weighted by molar-refractivity contribution is 6.33. The zero-order valence-electron chi connectivity index (χ0n) is 13.6. The zero-order chi connectivity index (χ0) is 19.2. The Morgan fingerprint density at radius 1 is 1.00 bits per heavy atom. The first-order valence-corrected chi connectivity index (χ1v) is 8.20. The van der Waals surface area contributed by atoms with E-state index in [4.69, 9.17) is 11.6 Å². The second-order valence-electron chi connectivity index (χ2n) is 5.89. The lowest BCUT2D eigenvalue weighted by molar-refractivity contribution is -0.137. The van der Waals surface area contributed by atoms with Crippen LogP contribution in [0.15, 0.2) is 61.1 Å². The molecule has 1 N–H and O–H groups in total. The third-order valence-electron chi connectivity index (χ3n) is 4.11. The van der Waals surface area contributed by atoms with Crippen LogP contribution in [0.3, 0.4) is 0 Å². The van der Waals surface area contributed by atoms with Crippen molar-refractivity contribution in [1.29, 1.82) is 0 Å². The number of phenols is 1. The third kappa shape index (κ3) is 3.21. The normalized spacial score (nSPS) is 11.9.